The van der Waals surface area contributed by atoms with Crippen LogP contribution in [0.2, 0.25) is 0 Å². The molecule has 0 amide bonds. The van der Waals surface area contributed by atoms with Gasteiger partial charge in [0.25, 0.3) is 0 Å². The summed E-state index contributed by atoms with van der Waals surface area (Å²) >= 11 is 0. The van der Waals surface area contributed by atoms with Crippen molar-refractivity contribution in [1.82, 2.24) is 14.5 Å². The number of nitrogens with zero attached hydrogens (tertiary/aromatic N) is 3. The molecule has 0 bridgehead atoms. The molecule has 1 aliphatic heterocycles. The van der Waals surface area contributed by atoms with Crippen molar-refractivity contribution in [1.29, 1.82) is 0 Å². The summed E-state index contributed by atoms with van der Waals surface area (Å²) in [6, 6.07) is 17.5. The van der Waals surface area contributed by atoms with Crippen LogP contribution in [0.3, 0.4) is 0 Å². The van der Waals surface area contributed by atoms with Crippen LogP contribution in [0.15, 0.2) is 54.7 Å². The molecule has 0 unspecified atom stereocenters. The monoisotopic (exact) mass is 441 g/mol. The fourth-order valence-corrected chi connectivity index (χ4v) is 5.12. The third-order valence-electron chi connectivity index (χ3n) is 6.94. The SMILES string of the molecule is Cc1ccc2c(c1)c1c(n2CCc2ccccc2)CCN(Cc2c(CO)cnc(C)c2O)C1. The van der Waals surface area contributed by atoms with E-state index in [0.29, 0.717) is 17.8 Å². The number of aryl methyl sites for hydroxylation is 4. The molecule has 33 heavy (non-hydrogen) atoms. The number of aliphatic hydroxyl groups is 1. The first kappa shape index (κ1) is 21.7. The lowest BCUT2D eigenvalue weighted by Crippen LogP contribution is -2.31. The molecule has 3 heterocycles. The average molecular weight is 442 g/mol. The van der Waals surface area contributed by atoms with Crippen molar-refractivity contribution in [3.8, 4) is 5.75 Å². The second-order valence-electron chi connectivity index (χ2n) is 9.15. The molecule has 0 radical (unpaired) electrons. The molecule has 170 valence electrons. The van der Waals surface area contributed by atoms with Crippen molar-refractivity contribution in [2.45, 2.75) is 52.9 Å². The van der Waals surface area contributed by atoms with E-state index < -0.39 is 0 Å². The molecule has 0 saturated heterocycles. The van der Waals surface area contributed by atoms with Crippen molar-refractivity contribution in [2.75, 3.05) is 6.54 Å². The second kappa shape index (κ2) is 9.00. The first-order valence-corrected chi connectivity index (χ1v) is 11.7. The van der Waals surface area contributed by atoms with Gasteiger partial charge in [-0.1, -0.05) is 42.0 Å². The molecule has 0 atom stereocenters. The van der Waals surface area contributed by atoms with Gasteiger partial charge in [0.15, 0.2) is 0 Å². The lowest BCUT2D eigenvalue weighted by molar-refractivity contribution is 0.233. The normalized spacial score (nSPS) is 14.0. The highest BCUT2D eigenvalue weighted by Gasteiger charge is 2.25. The predicted octanol–water partition coefficient (Wildman–Crippen LogP) is 4.65. The zero-order valence-electron chi connectivity index (χ0n) is 19.4. The van der Waals surface area contributed by atoms with Crippen LogP contribution in [0.25, 0.3) is 10.9 Å². The summed E-state index contributed by atoms with van der Waals surface area (Å²) in [5.74, 6) is 0.202. The molecule has 1 aliphatic rings. The summed E-state index contributed by atoms with van der Waals surface area (Å²) in [6.45, 7) is 7.16. The third-order valence-corrected chi connectivity index (χ3v) is 6.94. The van der Waals surface area contributed by atoms with Gasteiger partial charge in [-0.25, -0.2) is 0 Å². The number of pyridine rings is 1. The Morgan fingerprint density at radius 2 is 1.88 bits per heavy atom. The maximum Gasteiger partial charge on any atom is 0.141 e. The largest absolute Gasteiger partial charge is 0.506 e. The Bertz CT molecular complexity index is 1290. The van der Waals surface area contributed by atoms with E-state index in [1.165, 1.54) is 33.3 Å². The molecular formula is C28H31N3O2. The van der Waals surface area contributed by atoms with Crippen LogP contribution < -0.4 is 0 Å². The maximum atomic E-state index is 10.6. The van der Waals surface area contributed by atoms with Crippen LogP contribution in [0.4, 0.5) is 0 Å². The van der Waals surface area contributed by atoms with Crippen molar-refractivity contribution < 1.29 is 10.2 Å². The molecule has 0 aliphatic carbocycles. The Kier molecular flexibility index (Phi) is 5.92. The number of hydrogen-bond acceptors (Lipinski definition) is 4. The quantitative estimate of drug-likeness (QED) is 0.457. The molecule has 2 aromatic carbocycles. The molecule has 4 aromatic rings. The van der Waals surface area contributed by atoms with Crippen molar-refractivity contribution >= 4 is 10.9 Å². The van der Waals surface area contributed by atoms with E-state index in [4.69, 9.17) is 0 Å². The first-order chi connectivity index (χ1) is 16.0. The maximum absolute atomic E-state index is 10.6. The van der Waals surface area contributed by atoms with Gasteiger partial charge in [0.2, 0.25) is 0 Å². The molecule has 5 nitrogen and oxygen atoms in total. The van der Waals surface area contributed by atoms with Gasteiger partial charge in [-0.2, -0.15) is 0 Å². The minimum Gasteiger partial charge on any atom is -0.506 e. The number of aliphatic hydroxyl groups excluding tert-OH is 1. The van der Waals surface area contributed by atoms with Crippen LogP contribution in [-0.2, 0) is 39.1 Å². The summed E-state index contributed by atoms with van der Waals surface area (Å²) in [5, 5.41) is 21.7. The van der Waals surface area contributed by atoms with E-state index in [1.807, 2.05) is 0 Å². The van der Waals surface area contributed by atoms with Crippen LogP contribution in [0, 0.1) is 13.8 Å². The van der Waals surface area contributed by atoms with Gasteiger partial charge in [-0.15, -0.1) is 0 Å². The van der Waals surface area contributed by atoms with Gasteiger partial charge in [0.05, 0.1) is 12.3 Å². The highest BCUT2D eigenvalue weighted by molar-refractivity contribution is 5.86. The zero-order chi connectivity index (χ0) is 22.9. The van der Waals surface area contributed by atoms with E-state index in [-0.39, 0.29) is 12.4 Å². The summed E-state index contributed by atoms with van der Waals surface area (Å²) in [7, 11) is 0. The summed E-state index contributed by atoms with van der Waals surface area (Å²) in [5.41, 5.74) is 8.85. The lowest BCUT2D eigenvalue weighted by Gasteiger charge is -2.29. The van der Waals surface area contributed by atoms with E-state index in [1.54, 1.807) is 13.1 Å². The molecule has 5 heteroatoms. The van der Waals surface area contributed by atoms with Gasteiger partial charge in [0, 0.05) is 66.5 Å². The smallest absolute Gasteiger partial charge is 0.141 e. The number of hydrogen-bond donors (Lipinski definition) is 2. The van der Waals surface area contributed by atoms with Crippen molar-refractivity contribution in [2.24, 2.45) is 0 Å². The summed E-state index contributed by atoms with van der Waals surface area (Å²) < 4.78 is 2.52. The molecule has 0 saturated carbocycles. The van der Waals surface area contributed by atoms with Crippen LogP contribution >= 0.6 is 0 Å². The van der Waals surface area contributed by atoms with E-state index in [0.717, 1.165) is 38.0 Å². The van der Waals surface area contributed by atoms with Crippen LogP contribution in [0.1, 0.15) is 39.2 Å². The number of benzene rings is 2. The highest BCUT2D eigenvalue weighted by atomic mass is 16.3. The zero-order valence-corrected chi connectivity index (χ0v) is 19.4. The minimum absolute atomic E-state index is 0.118. The topological polar surface area (TPSA) is 61.5 Å². The Balaban J connectivity index is 1.47. The Morgan fingerprint density at radius 1 is 1.06 bits per heavy atom. The highest BCUT2D eigenvalue weighted by Crippen LogP contribution is 2.34. The van der Waals surface area contributed by atoms with Crippen LogP contribution in [0.5, 0.6) is 5.75 Å². The number of fused-ring (bicyclic) bond motifs is 3. The van der Waals surface area contributed by atoms with Gasteiger partial charge in [0.1, 0.15) is 5.75 Å². The third kappa shape index (κ3) is 4.14. The number of rotatable bonds is 6. The molecule has 5 rings (SSSR count). The van der Waals surface area contributed by atoms with Crippen LogP contribution in [-0.4, -0.2) is 31.2 Å². The van der Waals surface area contributed by atoms with Gasteiger partial charge < -0.3 is 14.8 Å². The van der Waals surface area contributed by atoms with Crippen molar-refractivity contribution in [3.05, 3.63) is 93.9 Å². The molecule has 0 spiro atoms. The molecular weight excluding hydrogens is 410 g/mol. The second-order valence-corrected chi connectivity index (χ2v) is 9.15. The molecule has 2 N–H and O–H groups in total. The van der Waals surface area contributed by atoms with Gasteiger partial charge in [-0.3, -0.25) is 9.88 Å². The minimum atomic E-state index is -0.118. The first-order valence-electron chi connectivity index (χ1n) is 11.7. The van der Waals surface area contributed by atoms with E-state index in [9.17, 15) is 10.2 Å². The lowest BCUT2D eigenvalue weighted by atomic mass is 10.0. The standard InChI is InChI=1S/C28H31N3O2/c1-19-8-9-26-23(14-19)25-17-30(16-24-22(18-32)15-29-20(2)28(24)33)12-11-27(25)31(26)13-10-21-6-4-3-5-7-21/h3-9,14-15,32-33H,10-13,16-18H2,1-2H3. The van der Waals surface area contributed by atoms with E-state index >= 15 is 0 Å². The fraction of sp³-hybridized carbons (Fsp3) is 0.321. The van der Waals surface area contributed by atoms with E-state index in [2.05, 4.69) is 69.9 Å². The Labute approximate surface area is 194 Å². The number of aromatic hydroxyl groups is 1. The molecule has 2 aromatic heterocycles. The summed E-state index contributed by atoms with van der Waals surface area (Å²) in [6.07, 6.45) is 3.66. The Hall–Kier alpha value is -3.15. The molecule has 0 fully saturated rings. The summed E-state index contributed by atoms with van der Waals surface area (Å²) in [4.78, 5) is 6.58. The van der Waals surface area contributed by atoms with Gasteiger partial charge in [-0.05, 0) is 43.5 Å². The number of aromatic nitrogens is 2. The Morgan fingerprint density at radius 3 is 2.67 bits per heavy atom. The average Bonchev–Trinajstić information content (AvgIpc) is 3.13. The fourth-order valence-electron chi connectivity index (χ4n) is 5.12. The predicted molar refractivity (Wildman–Crippen MR) is 131 cm³/mol. The van der Waals surface area contributed by atoms with Crippen molar-refractivity contribution in [3.63, 3.8) is 0 Å². The van der Waals surface area contributed by atoms with Gasteiger partial charge >= 0.3 is 0 Å².